The van der Waals surface area contributed by atoms with Gasteiger partial charge in [0.15, 0.2) is 0 Å². The molecule has 0 amide bonds. The van der Waals surface area contributed by atoms with E-state index in [-0.39, 0.29) is 0 Å². The highest BCUT2D eigenvalue weighted by Crippen LogP contribution is 2.23. The lowest BCUT2D eigenvalue weighted by Gasteiger charge is -2.28. The van der Waals surface area contributed by atoms with Crippen LogP contribution in [0.5, 0.6) is 0 Å². The molecular weight excluding hydrogens is 230 g/mol. The van der Waals surface area contributed by atoms with Crippen molar-refractivity contribution in [3.05, 3.63) is 0 Å². The topological polar surface area (TPSA) is 64.7 Å². The zero-order valence-corrected chi connectivity index (χ0v) is 11.9. The second-order valence-electron chi connectivity index (χ2n) is 5.68. The Morgan fingerprint density at radius 3 is 2.67 bits per heavy atom. The summed E-state index contributed by atoms with van der Waals surface area (Å²) >= 11 is 0. The molecule has 0 aliphatic heterocycles. The molecule has 0 aromatic heterocycles. The Bertz CT molecular complexity index is 221. The van der Waals surface area contributed by atoms with Crippen molar-refractivity contribution < 1.29 is 14.6 Å². The van der Waals surface area contributed by atoms with Crippen LogP contribution >= 0.6 is 0 Å². The number of nitrogens with two attached hydrogens (primary N) is 1. The number of aliphatic hydroxyl groups is 1. The summed E-state index contributed by atoms with van der Waals surface area (Å²) in [6.45, 7) is 2.89. The molecular formula is C14H29NO3. The van der Waals surface area contributed by atoms with Crippen LogP contribution in [-0.2, 0) is 9.47 Å². The zero-order valence-electron chi connectivity index (χ0n) is 11.9. The molecule has 4 heteroatoms. The Labute approximate surface area is 111 Å². The van der Waals surface area contributed by atoms with Crippen molar-refractivity contribution in [1.29, 1.82) is 0 Å². The first-order valence-electron chi connectivity index (χ1n) is 7.14. The third-order valence-corrected chi connectivity index (χ3v) is 3.81. The fourth-order valence-corrected chi connectivity index (χ4v) is 2.43. The average molecular weight is 259 g/mol. The molecule has 4 nitrogen and oxygen atoms in total. The fourth-order valence-electron chi connectivity index (χ4n) is 2.43. The third-order valence-electron chi connectivity index (χ3n) is 3.81. The van der Waals surface area contributed by atoms with E-state index in [1.165, 1.54) is 6.42 Å². The van der Waals surface area contributed by atoms with Crippen molar-refractivity contribution in [3.8, 4) is 0 Å². The minimum absolute atomic E-state index is 0.325. The Hall–Kier alpha value is -0.160. The van der Waals surface area contributed by atoms with Gasteiger partial charge in [-0.05, 0) is 51.9 Å². The Balaban J connectivity index is 2.04. The fraction of sp³-hybridized carbons (Fsp3) is 1.00. The van der Waals surface area contributed by atoms with Crippen molar-refractivity contribution in [2.75, 3.05) is 20.3 Å². The zero-order chi connectivity index (χ0) is 13.4. The second-order valence-corrected chi connectivity index (χ2v) is 5.68. The smallest absolute Gasteiger partial charge is 0.0741 e. The minimum Gasteiger partial charge on any atom is -0.389 e. The molecule has 1 fully saturated rings. The molecule has 0 saturated heterocycles. The van der Waals surface area contributed by atoms with Crippen molar-refractivity contribution >= 4 is 0 Å². The highest BCUT2D eigenvalue weighted by atomic mass is 16.5. The number of ether oxygens (including phenoxy) is 2. The number of methoxy groups -OCH3 is 1. The van der Waals surface area contributed by atoms with E-state index in [2.05, 4.69) is 0 Å². The number of unbranched alkanes of at least 4 members (excludes halogenated alkanes) is 1. The third kappa shape index (κ3) is 6.14. The van der Waals surface area contributed by atoms with Gasteiger partial charge in [-0.3, -0.25) is 0 Å². The van der Waals surface area contributed by atoms with Gasteiger partial charge in [0.1, 0.15) is 0 Å². The van der Waals surface area contributed by atoms with E-state index in [0.29, 0.717) is 18.8 Å². The second kappa shape index (κ2) is 8.10. The summed E-state index contributed by atoms with van der Waals surface area (Å²) < 4.78 is 11.3. The van der Waals surface area contributed by atoms with Gasteiger partial charge >= 0.3 is 0 Å². The summed E-state index contributed by atoms with van der Waals surface area (Å²) in [7, 11) is 1.78. The van der Waals surface area contributed by atoms with E-state index in [9.17, 15) is 5.11 Å². The first kappa shape index (κ1) is 15.9. The monoisotopic (exact) mass is 259 g/mol. The van der Waals surface area contributed by atoms with Crippen LogP contribution in [0.3, 0.4) is 0 Å². The van der Waals surface area contributed by atoms with Crippen LogP contribution < -0.4 is 5.73 Å². The normalized spacial score (nSPS) is 28.0. The Kier molecular flexibility index (Phi) is 7.15. The van der Waals surface area contributed by atoms with Crippen molar-refractivity contribution in [2.45, 2.75) is 69.7 Å². The van der Waals surface area contributed by atoms with Crippen molar-refractivity contribution in [1.82, 2.24) is 0 Å². The molecule has 3 atom stereocenters. The predicted octanol–water partition coefficient (Wildman–Crippen LogP) is 1.84. The molecule has 0 aromatic carbocycles. The van der Waals surface area contributed by atoms with Crippen LogP contribution in [0.1, 0.15) is 51.9 Å². The molecule has 1 aliphatic rings. The van der Waals surface area contributed by atoms with Crippen LogP contribution in [0, 0.1) is 0 Å². The minimum atomic E-state index is -0.716. The summed E-state index contributed by atoms with van der Waals surface area (Å²) in [5.41, 5.74) is 4.76. The number of hydrogen-bond donors (Lipinski definition) is 2. The molecule has 0 bridgehead atoms. The highest BCUT2D eigenvalue weighted by molar-refractivity contribution is 4.74. The molecule has 0 heterocycles. The molecule has 108 valence electrons. The largest absolute Gasteiger partial charge is 0.389 e. The maximum absolute atomic E-state index is 9.76. The summed E-state index contributed by atoms with van der Waals surface area (Å²) in [6, 6.07) is 0. The lowest BCUT2D eigenvalue weighted by atomic mass is 9.95. The first-order chi connectivity index (χ1) is 8.57. The first-order valence-corrected chi connectivity index (χ1v) is 7.14. The molecule has 1 saturated carbocycles. The molecule has 0 aromatic rings. The molecule has 1 rings (SSSR count). The summed E-state index contributed by atoms with van der Waals surface area (Å²) in [5.74, 6) is 0. The van der Waals surface area contributed by atoms with Crippen molar-refractivity contribution in [2.24, 2.45) is 5.73 Å². The molecule has 18 heavy (non-hydrogen) atoms. The van der Waals surface area contributed by atoms with E-state index < -0.39 is 5.60 Å². The maximum atomic E-state index is 9.76. The quantitative estimate of drug-likeness (QED) is 0.653. The van der Waals surface area contributed by atoms with Crippen molar-refractivity contribution in [3.63, 3.8) is 0 Å². The number of rotatable bonds is 8. The van der Waals surface area contributed by atoms with Gasteiger partial charge in [0.25, 0.3) is 0 Å². The highest BCUT2D eigenvalue weighted by Gasteiger charge is 2.22. The summed E-state index contributed by atoms with van der Waals surface area (Å²) in [6.07, 6.45) is 7.98. The average Bonchev–Trinajstić information content (AvgIpc) is 2.38. The number of hydrogen-bond acceptors (Lipinski definition) is 4. The van der Waals surface area contributed by atoms with Gasteiger partial charge in [0.2, 0.25) is 0 Å². The van der Waals surface area contributed by atoms with Crippen LogP contribution in [-0.4, -0.2) is 43.2 Å². The van der Waals surface area contributed by atoms with E-state index in [4.69, 9.17) is 15.2 Å². The molecule has 0 spiro atoms. The van der Waals surface area contributed by atoms with Gasteiger partial charge < -0.3 is 20.3 Å². The van der Waals surface area contributed by atoms with Crippen LogP contribution in [0.4, 0.5) is 0 Å². The van der Waals surface area contributed by atoms with Crippen LogP contribution in [0.15, 0.2) is 0 Å². The Morgan fingerprint density at radius 1 is 1.28 bits per heavy atom. The lowest BCUT2D eigenvalue weighted by Crippen LogP contribution is -2.34. The standard InChI is InChI=1S/C14H29NO3/c1-14(16,11-15)8-3-4-9-18-13-7-5-6-12(10-13)17-2/h12-13,16H,3-11,15H2,1-2H3. The lowest BCUT2D eigenvalue weighted by molar-refractivity contribution is -0.0315. The van der Waals surface area contributed by atoms with Gasteiger partial charge in [-0.25, -0.2) is 0 Å². The molecule has 0 radical (unpaired) electrons. The predicted molar refractivity (Wildman–Crippen MR) is 72.5 cm³/mol. The van der Waals surface area contributed by atoms with Gasteiger partial charge in [0.05, 0.1) is 17.8 Å². The summed E-state index contributed by atoms with van der Waals surface area (Å²) in [5, 5.41) is 9.76. The molecule has 1 aliphatic carbocycles. The SMILES string of the molecule is COC1CCCC(OCCCCC(C)(O)CN)C1. The van der Waals surface area contributed by atoms with E-state index in [0.717, 1.165) is 45.1 Å². The van der Waals surface area contributed by atoms with E-state index in [1.54, 1.807) is 14.0 Å². The van der Waals surface area contributed by atoms with E-state index in [1.807, 2.05) is 0 Å². The van der Waals surface area contributed by atoms with Gasteiger partial charge in [-0.2, -0.15) is 0 Å². The van der Waals surface area contributed by atoms with Gasteiger partial charge in [0, 0.05) is 20.3 Å². The van der Waals surface area contributed by atoms with Crippen LogP contribution in [0.2, 0.25) is 0 Å². The molecule has 3 N–H and O–H groups in total. The van der Waals surface area contributed by atoms with E-state index >= 15 is 0 Å². The van der Waals surface area contributed by atoms with Gasteiger partial charge in [-0.15, -0.1) is 0 Å². The summed E-state index contributed by atoms with van der Waals surface area (Å²) in [4.78, 5) is 0. The Morgan fingerprint density at radius 2 is 2.00 bits per heavy atom. The van der Waals surface area contributed by atoms with Gasteiger partial charge in [-0.1, -0.05) is 0 Å². The maximum Gasteiger partial charge on any atom is 0.0741 e. The molecule has 3 unspecified atom stereocenters. The van der Waals surface area contributed by atoms with Crippen LogP contribution in [0.25, 0.3) is 0 Å².